The molecule has 0 fully saturated rings. The van der Waals surface area contributed by atoms with Gasteiger partial charge in [-0.25, -0.2) is 0 Å². The number of primary amides is 1. The quantitative estimate of drug-likeness (QED) is 0.0883. The summed E-state index contributed by atoms with van der Waals surface area (Å²) >= 11 is 0. The average molecular weight is 585 g/mol. The summed E-state index contributed by atoms with van der Waals surface area (Å²) in [7, 11) is 1.60. The first-order chi connectivity index (χ1) is 20.6. The number of hydrogen-bond acceptors (Lipinski definition) is 5. The molecule has 11 nitrogen and oxygen atoms in total. The van der Waals surface area contributed by atoms with Crippen molar-refractivity contribution in [1.29, 1.82) is 5.41 Å². The van der Waals surface area contributed by atoms with Crippen LogP contribution in [0.2, 0.25) is 0 Å². The largest absolute Gasteiger partial charge is 0.384 e. The van der Waals surface area contributed by atoms with Gasteiger partial charge >= 0.3 is 0 Å². The molecular formula is C32H40N8O3. The number of rotatable bonds is 15. The van der Waals surface area contributed by atoms with Gasteiger partial charge in [-0.1, -0.05) is 84.9 Å². The number of nitrogen functional groups attached to an aromatic ring is 1. The highest BCUT2D eigenvalue weighted by atomic mass is 16.2. The maximum Gasteiger partial charge on any atom is 0.243 e. The van der Waals surface area contributed by atoms with Crippen LogP contribution >= 0.6 is 0 Å². The van der Waals surface area contributed by atoms with Crippen LogP contribution in [0.3, 0.4) is 0 Å². The zero-order valence-electron chi connectivity index (χ0n) is 24.3. The highest BCUT2D eigenvalue weighted by Crippen LogP contribution is 2.25. The number of aliphatic imine (C=N–C) groups is 1. The van der Waals surface area contributed by atoms with Crippen LogP contribution < -0.4 is 28.3 Å². The van der Waals surface area contributed by atoms with Crippen LogP contribution in [0.4, 0.5) is 0 Å². The van der Waals surface area contributed by atoms with E-state index in [4.69, 9.17) is 28.3 Å². The average Bonchev–Trinajstić information content (AvgIpc) is 3.00. The lowest BCUT2D eigenvalue weighted by atomic mass is 9.89. The number of likely N-dealkylation sites (N-methyl/N-ethyl adjacent to an activating group) is 1. The van der Waals surface area contributed by atoms with Crippen molar-refractivity contribution in [3.8, 4) is 0 Å². The van der Waals surface area contributed by atoms with Crippen LogP contribution in [0.25, 0.3) is 0 Å². The predicted octanol–water partition coefficient (Wildman–Crippen LogP) is 1.39. The molecule has 3 aromatic rings. The third kappa shape index (κ3) is 9.70. The second-order valence-electron chi connectivity index (χ2n) is 10.3. The Morgan fingerprint density at radius 2 is 1.42 bits per heavy atom. The molecule has 226 valence electrons. The Kier molecular flexibility index (Phi) is 11.8. The van der Waals surface area contributed by atoms with E-state index in [2.05, 4.69) is 10.3 Å². The van der Waals surface area contributed by atoms with Crippen molar-refractivity contribution in [2.75, 3.05) is 13.6 Å². The molecule has 0 bridgehead atoms. The minimum absolute atomic E-state index is 0.0396. The van der Waals surface area contributed by atoms with Gasteiger partial charge in [0.05, 0.1) is 5.92 Å². The number of carbonyl (C=O) groups is 3. The van der Waals surface area contributed by atoms with Crippen molar-refractivity contribution in [1.82, 2.24) is 10.2 Å². The van der Waals surface area contributed by atoms with E-state index in [1.165, 1.54) is 4.90 Å². The number of nitrogens with two attached hydrogens (primary N) is 4. The Labute approximate surface area is 251 Å². The monoisotopic (exact) mass is 584 g/mol. The predicted molar refractivity (Wildman–Crippen MR) is 168 cm³/mol. The first-order valence-corrected chi connectivity index (χ1v) is 14.0. The van der Waals surface area contributed by atoms with Crippen LogP contribution in [0.5, 0.6) is 0 Å². The molecule has 3 atom stereocenters. The van der Waals surface area contributed by atoms with Gasteiger partial charge in [0.2, 0.25) is 17.7 Å². The normalized spacial score (nSPS) is 12.8. The molecule has 0 aliphatic carbocycles. The number of carbonyl (C=O) groups excluding carboxylic acids is 3. The van der Waals surface area contributed by atoms with E-state index in [0.717, 1.165) is 16.7 Å². The molecule has 3 amide bonds. The topological polar surface area (TPSA) is 207 Å². The van der Waals surface area contributed by atoms with Crippen LogP contribution in [0, 0.1) is 5.41 Å². The maximum absolute atomic E-state index is 14.2. The summed E-state index contributed by atoms with van der Waals surface area (Å²) in [5.74, 6) is -2.16. The summed E-state index contributed by atoms with van der Waals surface area (Å²) in [6, 6.07) is 24.0. The molecule has 0 saturated carbocycles. The highest BCUT2D eigenvalue weighted by Gasteiger charge is 2.34. The number of amidine groups is 1. The summed E-state index contributed by atoms with van der Waals surface area (Å²) in [6.07, 6.45) is 1.24. The molecule has 1 unspecified atom stereocenters. The third-order valence-corrected chi connectivity index (χ3v) is 7.20. The fourth-order valence-electron chi connectivity index (χ4n) is 4.79. The zero-order valence-corrected chi connectivity index (χ0v) is 24.3. The van der Waals surface area contributed by atoms with Gasteiger partial charge in [-0.3, -0.25) is 24.8 Å². The van der Waals surface area contributed by atoms with Gasteiger partial charge in [0.1, 0.15) is 17.9 Å². The molecule has 43 heavy (non-hydrogen) atoms. The van der Waals surface area contributed by atoms with E-state index in [0.29, 0.717) is 18.4 Å². The molecule has 0 heterocycles. The van der Waals surface area contributed by atoms with Crippen molar-refractivity contribution in [3.63, 3.8) is 0 Å². The second-order valence-corrected chi connectivity index (χ2v) is 10.3. The third-order valence-electron chi connectivity index (χ3n) is 7.20. The smallest absolute Gasteiger partial charge is 0.243 e. The lowest BCUT2D eigenvalue weighted by Crippen LogP contribution is -2.54. The lowest BCUT2D eigenvalue weighted by Gasteiger charge is -2.32. The Morgan fingerprint density at radius 1 is 0.837 bits per heavy atom. The van der Waals surface area contributed by atoms with Gasteiger partial charge in [0.15, 0.2) is 5.96 Å². The SMILES string of the molecule is CN(C(=O)[C@@H](Cc1ccc(C(=N)N)cc1)c1ccccc1)[C@@H](Cc1ccccc1)C(=O)NC(CCCN=C(N)N)C(N)=O. The number of hydrogen-bond donors (Lipinski definition) is 6. The second kappa shape index (κ2) is 15.7. The van der Waals surface area contributed by atoms with E-state index < -0.39 is 29.8 Å². The molecule has 0 spiro atoms. The Balaban J connectivity index is 1.90. The van der Waals surface area contributed by atoms with E-state index in [-0.39, 0.29) is 37.1 Å². The van der Waals surface area contributed by atoms with Crippen LogP contribution in [0.15, 0.2) is 89.9 Å². The minimum Gasteiger partial charge on any atom is -0.384 e. The Morgan fingerprint density at radius 3 is 1.98 bits per heavy atom. The van der Waals surface area contributed by atoms with Crippen molar-refractivity contribution in [2.45, 2.75) is 43.7 Å². The van der Waals surface area contributed by atoms with Crippen LogP contribution in [-0.4, -0.2) is 60.1 Å². The van der Waals surface area contributed by atoms with Gasteiger partial charge in [-0.05, 0) is 36.0 Å². The van der Waals surface area contributed by atoms with Gasteiger partial charge < -0.3 is 33.2 Å². The first kappa shape index (κ1) is 32.3. The molecule has 3 aromatic carbocycles. The molecule has 0 saturated heterocycles. The highest BCUT2D eigenvalue weighted by molar-refractivity contribution is 5.95. The molecule has 0 aromatic heterocycles. The number of nitrogens with zero attached hydrogens (tertiary/aromatic N) is 2. The zero-order chi connectivity index (χ0) is 31.4. The molecule has 3 rings (SSSR count). The molecule has 0 radical (unpaired) electrons. The van der Waals surface area contributed by atoms with Gasteiger partial charge in [-0.15, -0.1) is 0 Å². The van der Waals surface area contributed by atoms with E-state index in [9.17, 15) is 14.4 Å². The van der Waals surface area contributed by atoms with Crippen LogP contribution in [0.1, 0.15) is 41.0 Å². The summed E-state index contributed by atoms with van der Waals surface area (Å²) in [5.41, 5.74) is 25.1. The minimum atomic E-state index is -0.965. The fourth-order valence-corrected chi connectivity index (χ4v) is 4.79. The maximum atomic E-state index is 14.2. The van der Waals surface area contributed by atoms with E-state index >= 15 is 0 Å². The standard InChI is InChI=1S/C32H40N8O3/c1-40(31(43)25(23-11-6-3-7-12-23)19-22-14-16-24(17-15-22)28(33)34)27(20-21-9-4-2-5-10-21)30(42)39-26(29(35)41)13-8-18-38-32(36)37/h2-7,9-12,14-17,25-27H,8,13,18-20H2,1H3,(H3,33,34)(H2,35,41)(H,39,42)(H4,36,37,38)/t25-,26?,27-/m0/s1. The van der Waals surface area contributed by atoms with Gasteiger partial charge in [0.25, 0.3) is 0 Å². The van der Waals surface area contributed by atoms with E-state index in [1.54, 1.807) is 19.2 Å². The molecule has 0 aliphatic heterocycles. The lowest BCUT2D eigenvalue weighted by molar-refractivity contribution is -0.141. The number of amides is 3. The van der Waals surface area contributed by atoms with Crippen molar-refractivity contribution >= 4 is 29.5 Å². The number of nitrogens with one attached hydrogen (secondary N) is 2. The molecule has 11 heteroatoms. The Hall–Kier alpha value is -5.19. The molecular weight excluding hydrogens is 544 g/mol. The fraction of sp³-hybridized carbons (Fsp3) is 0.281. The van der Waals surface area contributed by atoms with Crippen molar-refractivity contribution in [3.05, 3.63) is 107 Å². The molecule has 0 aliphatic rings. The van der Waals surface area contributed by atoms with Crippen molar-refractivity contribution in [2.24, 2.45) is 27.9 Å². The number of benzene rings is 3. The van der Waals surface area contributed by atoms with Crippen molar-refractivity contribution < 1.29 is 14.4 Å². The summed E-state index contributed by atoms with van der Waals surface area (Å²) in [5, 5.41) is 10.4. The number of guanidine groups is 1. The first-order valence-electron chi connectivity index (χ1n) is 14.0. The Bertz CT molecular complexity index is 1410. The van der Waals surface area contributed by atoms with Crippen LogP contribution in [-0.2, 0) is 27.2 Å². The van der Waals surface area contributed by atoms with Gasteiger partial charge in [0, 0.05) is 25.6 Å². The summed E-state index contributed by atoms with van der Waals surface area (Å²) < 4.78 is 0. The summed E-state index contributed by atoms with van der Waals surface area (Å²) in [6.45, 7) is 0.278. The molecule has 10 N–H and O–H groups in total. The van der Waals surface area contributed by atoms with Gasteiger partial charge in [-0.2, -0.15) is 0 Å². The summed E-state index contributed by atoms with van der Waals surface area (Å²) in [4.78, 5) is 45.6. The van der Waals surface area contributed by atoms with E-state index in [1.807, 2.05) is 72.8 Å².